The van der Waals surface area contributed by atoms with Crippen molar-refractivity contribution in [1.29, 1.82) is 0 Å². The summed E-state index contributed by atoms with van der Waals surface area (Å²) in [6.07, 6.45) is 5.27. The number of nitrogens with one attached hydrogen (secondary N) is 2. The minimum Gasteiger partial charge on any atom is -0.379 e. The van der Waals surface area contributed by atoms with E-state index in [0.717, 1.165) is 18.2 Å². The number of hydrogen-bond acceptors (Lipinski definition) is 5. The second-order valence-electron chi connectivity index (χ2n) is 5.12. The molecule has 1 saturated heterocycles. The molecule has 2 rings (SSSR count). The number of carbonyl (C=O) groups excluding carboxylic acids is 1. The highest BCUT2D eigenvalue weighted by atomic mass is 32.2. The zero-order chi connectivity index (χ0) is 15.3. The summed E-state index contributed by atoms with van der Waals surface area (Å²) >= 11 is 0. The van der Waals surface area contributed by atoms with Gasteiger partial charge in [0.15, 0.2) is 0 Å². The number of nitrogens with zero attached hydrogens (tertiary/aromatic N) is 1. The van der Waals surface area contributed by atoms with Crippen molar-refractivity contribution in [3.8, 4) is 0 Å². The van der Waals surface area contributed by atoms with Crippen LogP contribution in [0.4, 0.5) is 0 Å². The van der Waals surface area contributed by atoms with Crippen LogP contribution < -0.4 is 10.0 Å². The molecule has 2 N–H and O–H groups in total. The Morgan fingerprint density at radius 1 is 1.38 bits per heavy atom. The number of ether oxygens (including phenoxy) is 1. The first-order valence-corrected chi connectivity index (χ1v) is 8.54. The molecule has 1 amide bonds. The molecule has 0 saturated carbocycles. The summed E-state index contributed by atoms with van der Waals surface area (Å²) in [6, 6.07) is 3.76. The summed E-state index contributed by atoms with van der Waals surface area (Å²) in [4.78, 5) is 15.7. The molecular formula is C13H19N3O4S. The van der Waals surface area contributed by atoms with Crippen molar-refractivity contribution >= 4 is 15.9 Å². The van der Waals surface area contributed by atoms with Gasteiger partial charge in [-0.1, -0.05) is 0 Å². The van der Waals surface area contributed by atoms with E-state index in [2.05, 4.69) is 15.0 Å². The van der Waals surface area contributed by atoms with E-state index < -0.39 is 10.0 Å². The van der Waals surface area contributed by atoms with E-state index in [9.17, 15) is 13.2 Å². The fraction of sp³-hybridized carbons (Fsp3) is 0.538. The van der Waals surface area contributed by atoms with Gasteiger partial charge in [0.05, 0.1) is 32.1 Å². The zero-order valence-corrected chi connectivity index (χ0v) is 12.6. The molecule has 2 atom stereocenters. The minimum atomic E-state index is -3.36. The zero-order valence-electron chi connectivity index (χ0n) is 11.8. The van der Waals surface area contributed by atoms with Crippen molar-refractivity contribution in [1.82, 2.24) is 15.0 Å². The maximum absolute atomic E-state index is 11.7. The average Bonchev–Trinajstić information content (AvgIpc) is 2.84. The van der Waals surface area contributed by atoms with Crippen molar-refractivity contribution in [3.05, 3.63) is 30.1 Å². The maximum Gasteiger partial charge on any atom is 0.235 e. The van der Waals surface area contributed by atoms with Gasteiger partial charge in [-0.15, -0.1) is 0 Å². The summed E-state index contributed by atoms with van der Waals surface area (Å²) in [7, 11) is -3.36. The smallest absolute Gasteiger partial charge is 0.235 e. The lowest BCUT2D eigenvalue weighted by Gasteiger charge is -2.19. The van der Waals surface area contributed by atoms with Crippen LogP contribution in [0.5, 0.6) is 0 Å². The molecular weight excluding hydrogens is 294 g/mol. The number of pyridine rings is 1. The van der Waals surface area contributed by atoms with Gasteiger partial charge in [0, 0.05) is 18.3 Å². The molecule has 1 aliphatic rings. The SMILES string of the molecule is CS(=O)(=O)NCC(=O)N[C@H]1COC[C@H]1Cc1ccncc1. The van der Waals surface area contributed by atoms with Gasteiger partial charge >= 0.3 is 0 Å². The highest BCUT2D eigenvalue weighted by Gasteiger charge is 2.29. The number of rotatable bonds is 6. The first-order chi connectivity index (χ1) is 9.94. The molecule has 0 radical (unpaired) electrons. The molecule has 1 fully saturated rings. The highest BCUT2D eigenvalue weighted by molar-refractivity contribution is 7.88. The van der Waals surface area contributed by atoms with Gasteiger partial charge in [-0.25, -0.2) is 13.1 Å². The van der Waals surface area contributed by atoms with Crippen LogP contribution in [0.15, 0.2) is 24.5 Å². The summed E-state index contributed by atoms with van der Waals surface area (Å²) < 4.78 is 29.5. The second kappa shape index (κ2) is 6.97. The lowest BCUT2D eigenvalue weighted by Crippen LogP contribution is -2.45. The molecule has 8 heteroatoms. The minimum absolute atomic E-state index is 0.105. The molecule has 1 aliphatic heterocycles. The second-order valence-corrected chi connectivity index (χ2v) is 6.96. The Balaban J connectivity index is 1.86. The van der Waals surface area contributed by atoms with Crippen LogP contribution in [0.1, 0.15) is 5.56 Å². The van der Waals surface area contributed by atoms with E-state index >= 15 is 0 Å². The molecule has 116 valence electrons. The van der Waals surface area contributed by atoms with Gasteiger partial charge in [0.1, 0.15) is 0 Å². The Bertz CT molecular complexity index is 576. The lowest BCUT2D eigenvalue weighted by atomic mass is 9.95. The quantitative estimate of drug-likeness (QED) is 0.724. The number of carbonyl (C=O) groups is 1. The van der Waals surface area contributed by atoms with E-state index in [1.807, 2.05) is 12.1 Å². The molecule has 1 aromatic heterocycles. The molecule has 21 heavy (non-hydrogen) atoms. The Labute approximate surface area is 124 Å². The number of hydrogen-bond donors (Lipinski definition) is 2. The Hall–Kier alpha value is -1.51. The van der Waals surface area contributed by atoms with Crippen LogP contribution in [0.3, 0.4) is 0 Å². The van der Waals surface area contributed by atoms with Crippen molar-refractivity contribution in [2.75, 3.05) is 26.0 Å². The topological polar surface area (TPSA) is 97.4 Å². The van der Waals surface area contributed by atoms with Crippen molar-refractivity contribution in [2.45, 2.75) is 12.5 Å². The normalized spacial score (nSPS) is 22.1. The van der Waals surface area contributed by atoms with Crippen LogP contribution in [0.25, 0.3) is 0 Å². The Morgan fingerprint density at radius 3 is 2.76 bits per heavy atom. The predicted molar refractivity (Wildman–Crippen MR) is 77.0 cm³/mol. The van der Waals surface area contributed by atoms with Crippen molar-refractivity contribution < 1.29 is 17.9 Å². The fourth-order valence-electron chi connectivity index (χ4n) is 2.24. The maximum atomic E-state index is 11.7. The van der Waals surface area contributed by atoms with E-state index in [0.29, 0.717) is 13.2 Å². The van der Waals surface area contributed by atoms with Crippen LogP contribution in [-0.2, 0) is 26.0 Å². The number of sulfonamides is 1. The van der Waals surface area contributed by atoms with Gasteiger partial charge in [-0.2, -0.15) is 0 Å². The molecule has 0 spiro atoms. The first kappa shape index (κ1) is 15.9. The van der Waals surface area contributed by atoms with E-state index in [4.69, 9.17) is 4.74 Å². The van der Waals surface area contributed by atoms with Crippen LogP contribution in [-0.4, -0.2) is 51.4 Å². The Kier molecular flexibility index (Phi) is 5.27. The summed E-state index contributed by atoms with van der Waals surface area (Å²) in [5.41, 5.74) is 1.13. The van der Waals surface area contributed by atoms with Crippen molar-refractivity contribution in [3.63, 3.8) is 0 Å². The van der Waals surface area contributed by atoms with E-state index in [1.165, 1.54) is 0 Å². The number of aromatic nitrogens is 1. The van der Waals surface area contributed by atoms with E-state index in [-0.39, 0.29) is 24.4 Å². The lowest BCUT2D eigenvalue weighted by molar-refractivity contribution is -0.120. The standard InChI is InChI=1S/C13H19N3O4S/c1-21(18,19)15-7-13(17)16-12-9-20-8-11(12)6-10-2-4-14-5-3-10/h2-5,11-12,15H,6-9H2,1H3,(H,16,17)/t11-,12+/m1/s1. The molecule has 0 unspecified atom stereocenters. The van der Waals surface area contributed by atoms with E-state index in [1.54, 1.807) is 12.4 Å². The van der Waals surface area contributed by atoms with Gasteiger partial charge in [-0.05, 0) is 24.1 Å². The van der Waals surface area contributed by atoms with Crippen LogP contribution >= 0.6 is 0 Å². The predicted octanol–water partition coefficient (Wildman–Crippen LogP) is -0.695. The summed E-state index contributed by atoms with van der Waals surface area (Å²) in [5, 5.41) is 2.82. The first-order valence-electron chi connectivity index (χ1n) is 6.65. The average molecular weight is 313 g/mol. The summed E-state index contributed by atoms with van der Waals surface area (Å²) in [5.74, 6) is -0.176. The highest BCUT2D eigenvalue weighted by Crippen LogP contribution is 2.18. The molecule has 0 aromatic carbocycles. The molecule has 1 aromatic rings. The third kappa shape index (κ3) is 5.41. The number of amides is 1. The molecule has 0 bridgehead atoms. The third-order valence-corrected chi connectivity index (χ3v) is 3.96. The molecule has 7 nitrogen and oxygen atoms in total. The van der Waals surface area contributed by atoms with Crippen molar-refractivity contribution in [2.24, 2.45) is 5.92 Å². The van der Waals surface area contributed by atoms with Gasteiger partial charge in [0.25, 0.3) is 0 Å². The summed E-state index contributed by atoms with van der Waals surface area (Å²) in [6.45, 7) is 0.768. The Morgan fingerprint density at radius 2 is 2.10 bits per heavy atom. The van der Waals surface area contributed by atoms with Gasteiger partial charge in [-0.3, -0.25) is 9.78 Å². The third-order valence-electron chi connectivity index (χ3n) is 3.29. The van der Waals surface area contributed by atoms with Crippen LogP contribution in [0, 0.1) is 5.92 Å². The molecule has 0 aliphatic carbocycles. The monoisotopic (exact) mass is 313 g/mol. The van der Waals surface area contributed by atoms with Crippen LogP contribution in [0.2, 0.25) is 0 Å². The van der Waals surface area contributed by atoms with Gasteiger partial charge < -0.3 is 10.1 Å². The largest absolute Gasteiger partial charge is 0.379 e. The molecule has 2 heterocycles. The fourth-order valence-corrected chi connectivity index (χ4v) is 2.63. The van der Waals surface area contributed by atoms with Gasteiger partial charge in [0.2, 0.25) is 15.9 Å².